The van der Waals surface area contributed by atoms with Gasteiger partial charge >= 0.3 is 0 Å². The number of methoxy groups -OCH3 is 1. The minimum absolute atomic E-state index is 0.0208. The number of anilines is 1. The van der Waals surface area contributed by atoms with Crippen molar-refractivity contribution in [3.63, 3.8) is 0 Å². The molecule has 0 saturated carbocycles. The summed E-state index contributed by atoms with van der Waals surface area (Å²) < 4.78 is 18.8. The monoisotopic (exact) mass is 579 g/mol. The van der Waals surface area contributed by atoms with Crippen LogP contribution in [0.15, 0.2) is 61.1 Å². The summed E-state index contributed by atoms with van der Waals surface area (Å²) in [5.41, 5.74) is 3.59. The highest BCUT2D eigenvalue weighted by Gasteiger charge is 2.38. The average Bonchev–Trinajstić information content (AvgIpc) is 3.81. The summed E-state index contributed by atoms with van der Waals surface area (Å²) in [6, 6.07) is 16.0. The molecule has 3 fully saturated rings. The van der Waals surface area contributed by atoms with Crippen LogP contribution in [0.2, 0.25) is 0 Å². The van der Waals surface area contributed by atoms with Crippen LogP contribution in [0.3, 0.4) is 0 Å². The number of benzene rings is 1. The van der Waals surface area contributed by atoms with Crippen molar-refractivity contribution in [2.45, 2.75) is 18.6 Å². The van der Waals surface area contributed by atoms with Gasteiger partial charge in [-0.1, -0.05) is 0 Å². The molecule has 3 aliphatic heterocycles. The van der Waals surface area contributed by atoms with Crippen LogP contribution in [-0.4, -0.2) is 102 Å². The Kier molecular flexibility index (Phi) is 7.30. The molecule has 2 atom stereocenters. The molecule has 3 saturated heterocycles. The van der Waals surface area contributed by atoms with Crippen molar-refractivity contribution in [1.29, 1.82) is 5.26 Å². The van der Waals surface area contributed by atoms with Gasteiger partial charge in [0.2, 0.25) is 0 Å². The smallest absolute Gasteiger partial charge is 0.253 e. The quantitative estimate of drug-likeness (QED) is 0.311. The van der Waals surface area contributed by atoms with Gasteiger partial charge in [0.05, 0.1) is 43.3 Å². The van der Waals surface area contributed by atoms with Crippen LogP contribution >= 0.6 is 0 Å². The van der Waals surface area contributed by atoms with Crippen LogP contribution in [0.4, 0.5) is 5.82 Å². The van der Waals surface area contributed by atoms with E-state index in [9.17, 15) is 10.1 Å². The molecular formula is C32H33N7O4. The Morgan fingerprint density at radius 3 is 2.60 bits per heavy atom. The summed E-state index contributed by atoms with van der Waals surface area (Å²) in [6.45, 7) is 5.78. The summed E-state index contributed by atoms with van der Waals surface area (Å²) >= 11 is 0. The summed E-state index contributed by atoms with van der Waals surface area (Å²) in [6.07, 6.45) is 6.72. The number of nitriles is 1. The number of nitrogens with zero attached hydrogens (tertiary/aromatic N) is 7. The first-order valence-electron chi connectivity index (χ1n) is 14.6. The molecule has 0 aliphatic carbocycles. The molecule has 6 heterocycles. The number of piperazine rings is 1. The largest absolute Gasteiger partial charge is 0.497 e. The molecule has 0 N–H and O–H groups in total. The summed E-state index contributed by atoms with van der Waals surface area (Å²) in [4.78, 5) is 24.2. The molecule has 3 aliphatic rings. The van der Waals surface area contributed by atoms with Crippen LogP contribution in [0.25, 0.3) is 16.6 Å². The fraction of sp³-hybridized carbons (Fsp3) is 0.375. The number of likely N-dealkylation sites (tertiary alicyclic amines) is 1. The molecule has 43 heavy (non-hydrogen) atoms. The van der Waals surface area contributed by atoms with Gasteiger partial charge in [0.15, 0.2) is 0 Å². The number of pyridine rings is 2. The van der Waals surface area contributed by atoms with Crippen molar-refractivity contribution in [2.24, 2.45) is 0 Å². The molecule has 1 amide bonds. The number of hydrogen-bond donors (Lipinski definition) is 0. The molecular weight excluding hydrogens is 546 g/mol. The fourth-order valence-electron chi connectivity index (χ4n) is 6.30. The van der Waals surface area contributed by atoms with Gasteiger partial charge in [-0.3, -0.25) is 9.69 Å². The van der Waals surface area contributed by atoms with Gasteiger partial charge in [0.1, 0.15) is 30.0 Å². The van der Waals surface area contributed by atoms with Gasteiger partial charge in [-0.15, -0.1) is 0 Å². The Morgan fingerprint density at radius 1 is 1.09 bits per heavy atom. The van der Waals surface area contributed by atoms with E-state index >= 15 is 0 Å². The van der Waals surface area contributed by atoms with Crippen molar-refractivity contribution in [2.75, 3.05) is 64.5 Å². The normalized spacial score (nSPS) is 20.0. The molecule has 220 valence electrons. The molecule has 0 unspecified atom stereocenters. The molecule has 4 aromatic rings. The van der Waals surface area contributed by atoms with Gasteiger partial charge < -0.3 is 24.0 Å². The van der Waals surface area contributed by atoms with E-state index in [1.165, 1.54) is 0 Å². The molecule has 2 bridgehead atoms. The fourth-order valence-corrected chi connectivity index (χ4v) is 6.30. The van der Waals surface area contributed by atoms with E-state index in [-0.39, 0.29) is 5.91 Å². The predicted octanol–water partition coefficient (Wildman–Crippen LogP) is 3.09. The molecule has 0 spiro atoms. The number of aromatic nitrogens is 3. The lowest BCUT2D eigenvalue weighted by molar-refractivity contribution is 0.0258. The van der Waals surface area contributed by atoms with E-state index in [0.29, 0.717) is 61.8 Å². The lowest BCUT2D eigenvalue weighted by Crippen LogP contribution is -2.49. The molecule has 1 aromatic carbocycles. The van der Waals surface area contributed by atoms with E-state index < -0.39 is 0 Å². The lowest BCUT2D eigenvalue weighted by Gasteiger charge is -2.35. The highest BCUT2D eigenvalue weighted by molar-refractivity contribution is 5.94. The highest BCUT2D eigenvalue weighted by Crippen LogP contribution is 2.32. The zero-order valence-corrected chi connectivity index (χ0v) is 24.1. The molecule has 11 heteroatoms. The first-order chi connectivity index (χ1) is 21.1. The topological polar surface area (TPSA) is 108 Å². The van der Waals surface area contributed by atoms with Crippen molar-refractivity contribution < 1.29 is 19.0 Å². The zero-order valence-electron chi connectivity index (χ0n) is 24.1. The van der Waals surface area contributed by atoms with Gasteiger partial charge in [-0.25, -0.2) is 9.50 Å². The Balaban J connectivity index is 1.03. The van der Waals surface area contributed by atoms with Crippen LogP contribution < -0.4 is 14.4 Å². The average molecular weight is 580 g/mol. The Bertz CT molecular complexity index is 1660. The van der Waals surface area contributed by atoms with E-state index in [1.807, 2.05) is 47.6 Å². The van der Waals surface area contributed by atoms with Crippen molar-refractivity contribution in [1.82, 2.24) is 24.4 Å². The highest BCUT2D eigenvalue weighted by atomic mass is 16.5. The van der Waals surface area contributed by atoms with E-state index in [2.05, 4.69) is 21.0 Å². The Labute approximate surface area is 249 Å². The number of morpholine rings is 1. The SMILES string of the molecule is COc1ccc(C(=O)N2CCN(c3ccc(-c4cc(OCCN5C[C@@H]6C[C@H]5CO6)cn5ncc(C#N)c45)cn3)CC2)cc1. The van der Waals surface area contributed by atoms with Crippen LogP contribution in [0.1, 0.15) is 22.3 Å². The first-order valence-corrected chi connectivity index (χ1v) is 14.6. The van der Waals surface area contributed by atoms with Crippen molar-refractivity contribution >= 4 is 17.2 Å². The molecule has 3 aromatic heterocycles. The van der Waals surface area contributed by atoms with Crippen molar-refractivity contribution in [3.05, 3.63) is 72.2 Å². The van der Waals surface area contributed by atoms with E-state index in [0.717, 1.165) is 54.3 Å². The van der Waals surface area contributed by atoms with Crippen molar-refractivity contribution in [3.8, 4) is 28.7 Å². The number of carbonyl (C=O) groups excluding carboxylic acids is 1. The molecule has 0 radical (unpaired) electrons. The molecule has 11 nitrogen and oxygen atoms in total. The maximum atomic E-state index is 13.0. The number of rotatable bonds is 8. The third-order valence-electron chi connectivity index (χ3n) is 8.65. The molecule has 7 rings (SSSR count). The second-order valence-corrected chi connectivity index (χ2v) is 11.2. The second kappa shape index (κ2) is 11.6. The maximum absolute atomic E-state index is 13.0. The van der Waals surface area contributed by atoms with Gasteiger partial charge in [0, 0.05) is 68.2 Å². The number of carbonyl (C=O) groups is 1. The third-order valence-corrected chi connectivity index (χ3v) is 8.65. The Hall–Kier alpha value is -4.66. The van der Waals surface area contributed by atoms with Crippen LogP contribution in [0, 0.1) is 11.3 Å². The number of hydrogen-bond acceptors (Lipinski definition) is 9. The summed E-state index contributed by atoms with van der Waals surface area (Å²) in [7, 11) is 1.61. The van der Waals surface area contributed by atoms with E-state index in [1.54, 1.807) is 30.0 Å². The van der Waals surface area contributed by atoms with Crippen LogP contribution in [0.5, 0.6) is 11.5 Å². The number of ether oxygens (including phenoxy) is 3. The third kappa shape index (κ3) is 5.35. The standard InChI is InChI=1S/C32H33N7O4/c1-41-26-5-2-22(3-6-26)32(40)37-10-8-36(9-11-37)30-7-4-23(17-34-30)29-15-28(20-39-31(29)24(16-33)18-35-39)42-13-12-38-19-27-14-25(38)21-43-27/h2-7,15,17-18,20,25,27H,8-14,19,21H2,1H3/t25-,27-/m0/s1. The van der Waals surface area contributed by atoms with Gasteiger partial charge in [-0.05, 0) is 48.9 Å². The summed E-state index contributed by atoms with van der Waals surface area (Å²) in [5.74, 6) is 2.29. The second-order valence-electron chi connectivity index (χ2n) is 11.2. The predicted molar refractivity (Wildman–Crippen MR) is 159 cm³/mol. The zero-order chi connectivity index (χ0) is 29.3. The summed E-state index contributed by atoms with van der Waals surface area (Å²) in [5, 5.41) is 14.2. The minimum Gasteiger partial charge on any atom is -0.497 e. The Morgan fingerprint density at radius 2 is 1.93 bits per heavy atom. The first kappa shape index (κ1) is 27.2. The minimum atomic E-state index is 0.0208. The maximum Gasteiger partial charge on any atom is 0.253 e. The number of fused-ring (bicyclic) bond motifs is 3. The number of amides is 1. The van der Waals surface area contributed by atoms with Gasteiger partial charge in [0.25, 0.3) is 5.91 Å². The lowest BCUT2D eigenvalue weighted by atomic mass is 10.1. The van der Waals surface area contributed by atoms with E-state index in [4.69, 9.17) is 19.2 Å². The van der Waals surface area contributed by atoms with Gasteiger partial charge in [-0.2, -0.15) is 10.4 Å². The van der Waals surface area contributed by atoms with Crippen LogP contribution in [-0.2, 0) is 4.74 Å².